The number of fused-ring (bicyclic) bond motifs is 1. The van der Waals surface area contributed by atoms with Crippen molar-refractivity contribution in [3.8, 4) is 5.75 Å². The molecular weight excluding hydrogens is 410 g/mol. The number of furan rings is 1. The van der Waals surface area contributed by atoms with Crippen LogP contribution >= 0.6 is 11.8 Å². The first-order valence-corrected chi connectivity index (χ1v) is 10.9. The van der Waals surface area contributed by atoms with Crippen molar-refractivity contribution in [1.82, 2.24) is 15.3 Å². The quantitative estimate of drug-likeness (QED) is 0.409. The summed E-state index contributed by atoms with van der Waals surface area (Å²) in [6, 6.07) is 19.3. The molecule has 0 unspecified atom stereocenters. The number of hydrogen-bond donors (Lipinski definition) is 1. The standard InChI is InChI=1S/C24H23N3O3S/c1-16(23(28)25-15-18-9-7-13-30-18)31-24-21(14-17-8-3-6-12-22(17)29-2)26-19-10-4-5-11-20(19)27-24/h3-13,16H,14-15H2,1-2H3,(H,25,28)/t16-/m0/s1. The topological polar surface area (TPSA) is 77.2 Å². The number of carbonyl (C=O) groups excluding carboxylic acids is 1. The predicted octanol–water partition coefficient (Wildman–Crippen LogP) is 4.62. The molecule has 2 aromatic carbocycles. The summed E-state index contributed by atoms with van der Waals surface area (Å²) in [5, 5.41) is 3.30. The molecule has 0 aliphatic heterocycles. The highest BCUT2D eigenvalue weighted by Crippen LogP contribution is 2.30. The van der Waals surface area contributed by atoms with Crippen molar-refractivity contribution in [3.05, 3.63) is 83.9 Å². The van der Waals surface area contributed by atoms with Crippen molar-refractivity contribution in [3.63, 3.8) is 0 Å². The van der Waals surface area contributed by atoms with E-state index in [9.17, 15) is 4.79 Å². The van der Waals surface area contributed by atoms with Gasteiger partial charge in [0.15, 0.2) is 0 Å². The number of nitrogens with zero attached hydrogens (tertiary/aromatic N) is 2. The van der Waals surface area contributed by atoms with Gasteiger partial charge < -0.3 is 14.5 Å². The molecule has 0 radical (unpaired) electrons. The molecule has 2 aromatic heterocycles. The summed E-state index contributed by atoms with van der Waals surface area (Å²) in [4.78, 5) is 22.3. The van der Waals surface area contributed by atoms with Crippen LogP contribution in [-0.4, -0.2) is 28.2 Å². The van der Waals surface area contributed by atoms with Gasteiger partial charge in [0.25, 0.3) is 0 Å². The summed E-state index contributed by atoms with van der Waals surface area (Å²) >= 11 is 1.41. The summed E-state index contributed by atoms with van der Waals surface area (Å²) in [5.74, 6) is 1.44. The third-order valence-corrected chi connectivity index (χ3v) is 5.95. The fourth-order valence-corrected chi connectivity index (χ4v) is 4.14. The maximum atomic E-state index is 12.6. The Bertz CT molecular complexity index is 1180. The average Bonchev–Trinajstić information content (AvgIpc) is 3.32. The van der Waals surface area contributed by atoms with E-state index in [1.165, 1.54) is 11.8 Å². The van der Waals surface area contributed by atoms with Crippen LogP contribution in [0.1, 0.15) is 23.9 Å². The van der Waals surface area contributed by atoms with Gasteiger partial charge in [-0.15, -0.1) is 0 Å². The first-order valence-electron chi connectivity index (χ1n) is 9.98. The van der Waals surface area contributed by atoms with Gasteiger partial charge in [0.1, 0.15) is 16.5 Å². The molecule has 0 aliphatic carbocycles. The molecule has 0 saturated heterocycles. The van der Waals surface area contributed by atoms with Crippen LogP contribution in [0.3, 0.4) is 0 Å². The van der Waals surface area contributed by atoms with Crippen LogP contribution < -0.4 is 10.1 Å². The molecule has 4 aromatic rings. The van der Waals surface area contributed by atoms with Gasteiger partial charge in [-0.3, -0.25) is 4.79 Å². The number of methoxy groups -OCH3 is 1. The van der Waals surface area contributed by atoms with Crippen LogP contribution in [-0.2, 0) is 17.8 Å². The second-order valence-corrected chi connectivity index (χ2v) is 8.34. The lowest BCUT2D eigenvalue weighted by molar-refractivity contribution is -0.120. The van der Waals surface area contributed by atoms with Gasteiger partial charge in [-0.1, -0.05) is 42.1 Å². The minimum Gasteiger partial charge on any atom is -0.496 e. The van der Waals surface area contributed by atoms with Gasteiger partial charge in [-0.05, 0) is 37.3 Å². The number of nitrogens with one attached hydrogen (secondary N) is 1. The molecule has 1 N–H and O–H groups in total. The first-order chi connectivity index (χ1) is 15.1. The van der Waals surface area contributed by atoms with E-state index >= 15 is 0 Å². The second-order valence-electron chi connectivity index (χ2n) is 7.01. The van der Waals surface area contributed by atoms with E-state index in [1.807, 2.05) is 61.5 Å². The van der Waals surface area contributed by atoms with Crippen LogP contribution in [0.15, 0.2) is 76.4 Å². The van der Waals surface area contributed by atoms with E-state index in [1.54, 1.807) is 19.4 Å². The molecule has 4 rings (SSSR count). The molecule has 7 heteroatoms. The molecule has 0 aliphatic rings. The normalized spacial score (nSPS) is 11.9. The molecule has 31 heavy (non-hydrogen) atoms. The Morgan fingerprint density at radius 3 is 2.55 bits per heavy atom. The Balaban J connectivity index is 1.59. The van der Waals surface area contributed by atoms with Gasteiger partial charge in [0.2, 0.25) is 5.91 Å². The summed E-state index contributed by atoms with van der Waals surface area (Å²) in [5.41, 5.74) is 3.47. The van der Waals surface area contributed by atoms with Crippen molar-refractivity contribution in [1.29, 1.82) is 0 Å². The van der Waals surface area contributed by atoms with Gasteiger partial charge in [0, 0.05) is 12.0 Å². The van der Waals surface area contributed by atoms with Crippen LogP contribution in [0.4, 0.5) is 0 Å². The lowest BCUT2D eigenvalue weighted by Crippen LogP contribution is -2.30. The third-order valence-electron chi connectivity index (χ3n) is 4.83. The Morgan fingerprint density at radius 1 is 1.06 bits per heavy atom. The number of para-hydroxylation sites is 3. The average molecular weight is 434 g/mol. The van der Waals surface area contributed by atoms with E-state index in [0.29, 0.717) is 18.7 Å². The van der Waals surface area contributed by atoms with Crippen LogP contribution in [0.2, 0.25) is 0 Å². The second kappa shape index (κ2) is 9.66. The number of rotatable bonds is 8. The Kier molecular flexibility index (Phi) is 6.52. The third kappa shape index (κ3) is 5.06. The van der Waals surface area contributed by atoms with Crippen LogP contribution in [0, 0.1) is 0 Å². The maximum absolute atomic E-state index is 12.6. The number of carbonyl (C=O) groups is 1. The molecule has 0 fully saturated rings. The van der Waals surface area contributed by atoms with Crippen molar-refractivity contribution < 1.29 is 13.9 Å². The van der Waals surface area contributed by atoms with Crippen molar-refractivity contribution in [2.75, 3.05) is 7.11 Å². The molecule has 2 heterocycles. The highest BCUT2D eigenvalue weighted by atomic mass is 32.2. The highest BCUT2D eigenvalue weighted by Gasteiger charge is 2.20. The van der Waals surface area contributed by atoms with E-state index in [-0.39, 0.29) is 11.2 Å². The lowest BCUT2D eigenvalue weighted by atomic mass is 10.1. The fraction of sp³-hybridized carbons (Fsp3) is 0.208. The Hall–Kier alpha value is -3.32. The SMILES string of the molecule is COc1ccccc1Cc1nc2ccccc2nc1S[C@@H](C)C(=O)NCc1ccco1. The zero-order chi connectivity index (χ0) is 21.6. The number of benzene rings is 2. The molecule has 1 atom stereocenters. The number of aromatic nitrogens is 2. The molecule has 1 amide bonds. The van der Waals surface area contributed by atoms with Crippen molar-refractivity contribution in [2.45, 2.75) is 30.2 Å². The minimum atomic E-state index is -0.346. The number of hydrogen-bond acceptors (Lipinski definition) is 6. The van der Waals surface area contributed by atoms with Crippen LogP contribution in [0.5, 0.6) is 5.75 Å². The van der Waals surface area contributed by atoms with Gasteiger partial charge in [0.05, 0.1) is 41.9 Å². The van der Waals surface area contributed by atoms with Crippen LogP contribution in [0.25, 0.3) is 11.0 Å². The first kappa shape index (κ1) is 20.9. The monoisotopic (exact) mass is 433 g/mol. The van der Waals surface area contributed by atoms with Gasteiger partial charge >= 0.3 is 0 Å². The zero-order valence-corrected chi connectivity index (χ0v) is 18.2. The molecule has 0 saturated carbocycles. The van der Waals surface area contributed by atoms with Crippen molar-refractivity contribution >= 4 is 28.7 Å². The fourth-order valence-electron chi connectivity index (χ4n) is 3.21. The van der Waals surface area contributed by atoms with E-state index in [4.69, 9.17) is 19.1 Å². The number of ether oxygens (including phenoxy) is 1. The molecule has 158 valence electrons. The summed E-state index contributed by atoms with van der Waals surface area (Å²) < 4.78 is 10.8. The minimum absolute atomic E-state index is 0.0837. The molecule has 0 bridgehead atoms. The summed E-state index contributed by atoms with van der Waals surface area (Å²) in [6.45, 7) is 2.22. The molecular formula is C24H23N3O3S. The smallest absolute Gasteiger partial charge is 0.233 e. The zero-order valence-electron chi connectivity index (χ0n) is 17.4. The van der Waals surface area contributed by atoms with Gasteiger partial charge in [-0.2, -0.15) is 0 Å². The summed E-state index contributed by atoms with van der Waals surface area (Å²) in [7, 11) is 1.66. The molecule has 6 nitrogen and oxygen atoms in total. The highest BCUT2D eigenvalue weighted by molar-refractivity contribution is 8.00. The van der Waals surface area contributed by atoms with E-state index in [0.717, 1.165) is 33.1 Å². The Labute approximate surface area is 185 Å². The largest absolute Gasteiger partial charge is 0.496 e. The molecule has 0 spiro atoms. The van der Waals surface area contributed by atoms with E-state index in [2.05, 4.69) is 5.32 Å². The van der Waals surface area contributed by atoms with Gasteiger partial charge in [-0.25, -0.2) is 9.97 Å². The lowest BCUT2D eigenvalue weighted by Gasteiger charge is -2.15. The van der Waals surface area contributed by atoms with Crippen molar-refractivity contribution in [2.24, 2.45) is 0 Å². The summed E-state index contributed by atoms with van der Waals surface area (Å²) in [6.07, 6.45) is 2.15. The number of amides is 1. The predicted molar refractivity (Wildman–Crippen MR) is 121 cm³/mol. The maximum Gasteiger partial charge on any atom is 0.233 e. The Morgan fingerprint density at radius 2 is 1.81 bits per heavy atom. The van der Waals surface area contributed by atoms with E-state index < -0.39 is 0 Å². The number of thioether (sulfide) groups is 1.